The number of halogens is 2. The monoisotopic (exact) mass is 274 g/mol. The SMILES string of the molecule is COC(C)(C)CC(CN)Nc1cc(F)ccc1Cl. The van der Waals surface area contributed by atoms with Crippen LogP contribution in [-0.4, -0.2) is 25.3 Å². The summed E-state index contributed by atoms with van der Waals surface area (Å²) in [7, 11) is 1.66. The van der Waals surface area contributed by atoms with Gasteiger partial charge in [-0.15, -0.1) is 0 Å². The van der Waals surface area contributed by atoms with Crippen LogP contribution < -0.4 is 11.1 Å². The molecule has 0 fully saturated rings. The molecule has 0 aromatic heterocycles. The van der Waals surface area contributed by atoms with Crippen molar-refractivity contribution >= 4 is 17.3 Å². The van der Waals surface area contributed by atoms with Crippen molar-refractivity contribution in [3.63, 3.8) is 0 Å². The fourth-order valence-corrected chi connectivity index (χ4v) is 1.87. The average Bonchev–Trinajstić information content (AvgIpc) is 2.32. The van der Waals surface area contributed by atoms with Crippen LogP contribution in [0.15, 0.2) is 18.2 Å². The van der Waals surface area contributed by atoms with Crippen LogP contribution >= 0.6 is 11.6 Å². The van der Waals surface area contributed by atoms with Gasteiger partial charge in [0.1, 0.15) is 5.82 Å². The van der Waals surface area contributed by atoms with Gasteiger partial charge in [0.15, 0.2) is 0 Å². The zero-order valence-electron chi connectivity index (χ0n) is 11.0. The van der Waals surface area contributed by atoms with Crippen molar-refractivity contribution in [2.24, 2.45) is 5.73 Å². The lowest BCUT2D eigenvalue weighted by Gasteiger charge is -2.29. The van der Waals surface area contributed by atoms with E-state index in [1.807, 2.05) is 13.8 Å². The van der Waals surface area contributed by atoms with E-state index in [2.05, 4.69) is 5.32 Å². The van der Waals surface area contributed by atoms with Crippen LogP contribution in [0.3, 0.4) is 0 Å². The van der Waals surface area contributed by atoms with Crippen LogP contribution in [-0.2, 0) is 4.74 Å². The number of nitrogens with one attached hydrogen (secondary N) is 1. The van der Waals surface area contributed by atoms with E-state index in [1.54, 1.807) is 7.11 Å². The minimum atomic E-state index is -0.330. The molecule has 0 radical (unpaired) electrons. The Balaban J connectivity index is 2.77. The Kier molecular flexibility index (Phi) is 5.38. The van der Waals surface area contributed by atoms with Gasteiger partial charge in [0.25, 0.3) is 0 Å². The van der Waals surface area contributed by atoms with Crippen molar-refractivity contribution in [1.82, 2.24) is 0 Å². The first-order valence-corrected chi connectivity index (χ1v) is 6.22. The number of benzene rings is 1. The van der Waals surface area contributed by atoms with E-state index in [0.29, 0.717) is 23.7 Å². The summed E-state index contributed by atoms with van der Waals surface area (Å²) in [5.74, 6) is -0.330. The van der Waals surface area contributed by atoms with Gasteiger partial charge in [-0.1, -0.05) is 11.6 Å². The molecule has 0 spiro atoms. The summed E-state index contributed by atoms with van der Waals surface area (Å²) < 4.78 is 18.5. The molecule has 102 valence electrons. The molecule has 0 aliphatic carbocycles. The standard InChI is InChI=1S/C13H20ClFN2O/c1-13(2,18-3)7-10(8-16)17-12-6-9(15)4-5-11(12)14/h4-6,10,17H,7-8,16H2,1-3H3. The highest BCUT2D eigenvalue weighted by atomic mass is 35.5. The summed E-state index contributed by atoms with van der Waals surface area (Å²) in [6, 6.07) is 4.18. The second kappa shape index (κ2) is 6.36. The predicted molar refractivity (Wildman–Crippen MR) is 73.6 cm³/mol. The first kappa shape index (κ1) is 15.2. The van der Waals surface area contributed by atoms with Gasteiger partial charge in [0, 0.05) is 19.7 Å². The molecule has 1 rings (SSSR count). The van der Waals surface area contributed by atoms with Crippen LogP contribution in [0, 0.1) is 5.82 Å². The maximum Gasteiger partial charge on any atom is 0.125 e. The molecule has 18 heavy (non-hydrogen) atoms. The van der Waals surface area contributed by atoms with E-state index in [1.165, 1.54) is 18.2 Å². The van der Waals surface area contributed by atoms with Gasteiger partial charge in [-0.25, -0.2) is 4.39 Å². The molecule has 0 saturated heterocycles. The molecular weight excluding hydrogens is 255 g/mol. The summed E-state index contributed by atoms with van der Waals surface area (Å²) in [5, 5.41) is 3.63. The molecule has 5 heteroatoms. The topological polar surface area (TPSA) is 47.3 Å². The Morgan fingerprint density at radius 1 is 1.50 bits per heavy atom. The first-order chi connectivity index (χ1) is 8.38. The molecule has 1 aromatic carbocycles. The van der Waals surface area contributed by atoms with E-state index < -0.39 is 0 Å². The van der Waals surface area contributed by atoms with Gasteiger partial charge in [-0.3, -0.25) is 0 Å². The van der Waals surface area contributed by atoms with Crippen LogP contribution in [0.2, 0.25) is 5.02 Å². The zero-order chi connectivity index (χ0) is 13.8. The number of nitrogens with two attached hydrogens (primary N) is 1. The van der Waals surface area contributed by atoms with Gasteiger partial charge in [-0.05, 0) is 38.5 Å². The van der Waals surface area contributed by atoms with Gasteiger partial charge in [0.2, 0.25) is 0 Å². The molecular formula is C13H20ClFN2O. The van der Waals surface area contributed by atoms with E-state index in [0.717, 1.165) is 0 Å². The van der Waals surface area contributed by atoms with E-state index in [-0.39, 0.29) is 17.5 Å². The molecule has 0 amide bonds. The maximum absolute atomic E-state index is 13.2. The van der Waals surface area contributed by atoms with Crippen LogP contribution in [0.1, 0.15) is 20.3 Å². The van der Waals surface area contributed by atoms with Gasteiger partial charge >= 0.3 is 0 Å². The largest absolute Gasteiger partial charge is 0.380 e. The lowest BCUT2D eigenvalue weighted by atomic mass is 9.98. The third kappa shape index (κ3) is 4.44. The van der Waals surface area contributed by atoms with Gasteiger partial charge in [-0.2, -0.15) is 0 Å². The molecule has 0 heterocycles. The third-order valence-corrected chi connectivity index (χ3v) is 3.19. The van der Waals surface area contributed by atoms with E-state index >= 15 is 0 Å². The Hall–Kier alpha value is -0.840. The van der Waals surface area contributed by atoms with Crippen LogP contribution in [0.5, 0.6) is 0 Å². The van der Waals surface area contributed by atoms with Crippen molar-refractivity contribution in [3.05, 3.63) is 29.0 Å². The molecule has 0 aliphatic rings. The number of hydrogen-bond donors (Lipinski definition) is 2. The Morgan fingerprint density at radius 2 is 2.17 bits per heavy atom. The lowest BCUT2D eigenvalue weighted by Crippen LogP contribution is -2.37. The smallest absolute Gasteiger partial charge is 0.125 e. The molecule has 0 aliphatic heterocycles. The Labute approximate surface area is 112 Å². The third-order valence-electron chi connectivity index (χ3n) is 2.86. The van der Waals surface area contributed by atoms with Crippen LogP contribution in [0.25, 0.3) is 0 Å². The summed E-state index contributed by atoms with van der Waals surface area (Å²) >= 11 is 6.00. The fraction of sp³-hybridized carbons (Fsp3) is 0.538. The minimum Gasteiger partial charge on any atom is -0.380 e. The van der Waals surface area contributed by atoms with E-state index in [9.17, 15) is 4.39 Å². The minimum absolute atomic E-state index is 0.0285. The van der Waals surface area contributed by atoms with Crippen molar-refractivity contribution in [2.45, 2.75) is 31.9 Å². The Bertz CT molecular complexity index is 399. The summed E-state index contributed by atoms with van der Waals surface area (Å²) in [5.41, 5.74) is 5.98. The van der Waals surface area contributed by atoms with Crippen LogP contribution in [0.4, 0.5) is 10.1 Å². The van der Waals surface area contributed by atoms with E-state index in [4.69, 9.17) is 22.1 Å². The molecule has 0 saturated carbocycles. The number of rotatable bonds is 6. The quantitative estimate of drug-likeness (QED) is 0.838. The molecule has 1 aromatic rings. The van der Waals surface area contributed by atoms with Gasteiger partial charge < -0.3 is 15.8 Å². The summed E-state index contributed by atoms with van der Waals surface area (Å²) in [4.78, 5) is 0. The number of anilines is 1. The van der Waals surface area contributed by atoms with Gasteiger partial charge in [0.05, 0.1) is 16.3 Å². The molecule has 3 N–H and O–H groups in total. The Morgan fingerprint density at radius 3 is 2.72 bits per heavy atom. The molecule has 1 unspecified atom stereocenters. The van der Waals surface area contributed by atoms with Crippen molar-refractivity contribution in [2.75, 3.05) is 19.0 Å². The van der Waals surface area contributed by atoms with Crippen molar-refractivity contribution in [1.29, 1.82) is 0 Å². The second-order valence-corrected chi connectivity index (χ2v) is 5.28. The fourth-order valence-electron chi connectivity index (χ4n) is 1.70. The first-order valence-electron chi connectivity index (χ1n) is 5.85. The second-order valence-electron chi connectivity index (χ2n) is 4.87. The lowest BCUT2D eigenvalue weighted by molar-refractivity contribution is 0.0122. The highest BCUT2D eigenvalue weighted by Crippen LogP contribution is 2.25. The zero-order valence-corrected chi connectivity index (χ0v) is 11.7. The average molecular weight is 275 g/mol. The molecule has 0 bridgehead atoms. The summed E-state index contributed by atoms with van der Waals surface area (Å²) in [6.07, 6.45) is 0.701. The van der Waals surface area contributed by atoms with Crippen molar-refractivity contribution < 1.29 is 9.13 Å². The predicted octanol–water partition coefficient (Wildman–Crippen LogP) is 3.03. The maximum atomic E-state index is 13.2. The molecule has 3 nitrogen and oxygen atoms in total. The highest BCUT2D eigenvalue weighted by molar-refractivity contribution is 6.33. The number of hydrogen-bond acceptors (Lipinski definition) is 3. The number of methoxy groups -OCH3 is 1. The summed E-state index contributed by atoms with van der Waals surface area (Å²) in [6.45, 7) is 4.37. The number of ether oxygens (including phenoxy) is 1. The van der Waals surface area contributed by atoms with Crippen molar-refractivity contribution in [3.8, 4) is 0 Å². The molecule has 1 atom stereocenters. The normalized spacial score (nSPS) is 13.4. The highest BCUT2D eigenvalue weighted by Gasteiger charge is 2.22.